The first-order chi connectivity index (χ1) is 12.4. The molecule has 4 nitrogen and oxygen atoms in total. The fraction of sp³-hybridized carbons (Fsp3) is 0.222. The summed E-state index contributed by atoms with van der Waals surface area (Å²) >= 11 is 7.08. The summed E-state index contributed by atoms with van der Waals surface area (Å²) in [6, 6.07) is 9.86. The summed E-state index contributed by atoms with van der Waals surface area (Å²) in [6.45, 7) is 1.54. The number of carbonyl (C=O) groups excluding carboxylic acids is 2. The number of hydrogen-bond donors (Lipinski definition) is 1. The molecule has 0 saturated carbocycles. The summed E-state index contributed by atoms with van der Waals surface area (Å²) in [5.74, 6) is -1.94. The molecule has 8 heteroatoms. The van der Waals surface area contributed by atoms with E-state index >= 15 is 0 Å². The molecule has 0 unspecified atom stereocenters. The molecular formula is C18H15ClF2N2O2S. The minimum atomic E-state index is -0.738. The Morgan fingerprint density at radius 3 is 2.77 bits per heavy atom. The molecule has 2 atom stereocenters. The second-order valence-corrected chi connectivity index (χ2v) is 7.44. The number of alkyl halides is 1. The number of benzene rings is 2. The van der Waals surface area contributed by atoms with Gasteiger partial charge in [0.15, 0.2) is 0 Å². The van der Waals surface area contributed by atoms with Gasteiger partial charge in [-0.15, -0.1) is 23.4 Å². The van der Waals surface area contributed by atoms with Gasteiger partial charge in [0.2, 0.25) is 11.8 Å². The van der Waals surface area contributed by atoms with Gasteiger partial charge in [0.25, 0.3) is 0 Å². The molecule has 0 spiro atoms. The predicted octanol–water partition coefficient (Wildman–Crippen LogP) is 4.31. The Kier molecular flexibility index (Phi) is 5.48. The molecule has 26 heavy (non-hydrogen) atoms. The zero-order valence-electron chi connectivity index (χ0n) is 13.7. The van der Waals surface area contributed by atoms with E-state index in [0.29, 0.717) is 11.3 Å². The number of halogens is 3. The summed E-state index contributed by atoms with van der Waals surface area (Å²) in [5, 5.41) is 1.38. The summed E-state index contributed by atoms with van der Waals surface area (Å²) < 4.78 is 27.9. The Balaban J connectivity index is 2.02. The molecule has 0 aromatic heterocycles. The number of carbonyl (C=O) groups is 2. The lowest BCUT2D eigenvalue weighted by molar-refractivity contribution is -0.116. The number of hydrogen-bond acceptors (Lipinski definition) is 3. The van der Waals surface area contributed by atoms with Crippen LogP contribution in [0.15, 0.2) is 42.5 Å². The number of rotatable bonds is 4. The first-order valence-corrected chi connectivity index (χ1v) is 9.29. The molecule has 1 N–H and O–H groups in total. The summed E-state index contributed by atoms with van der Waals surface area (Å²) in [6.07, 6.45) is 0. The lowest BCUT2D eigenvalue weighted by Gasteiger charge is -2.26. The third kappa shape index (κ3) is 3.68. The van der Waals surface area contributed by atoms with Gasteiger partial charge in [0.05, 0.1) is 11.4 Å². The van der Waals surface area contributed by atoms with E-state index in [1.807, 2.05) is 0 Å². The van der Waals surface area contributed by atoms with Gasteiger partial charge in [-0.3, -0.25) is 14.5 Å². The molecular weight excluding hydrogens is 382 g/mol. The van der Waals surface area contributed by atoms with Gasteiger partial charge in [-0.25, -0.2) is 8.78 Å². The van der Waals surface area contributed by atoms with E-state index in [4.69, 9.17) is 11.6 Å². The summed E-state index contributed by atoms with van der Waals surface area (Å²) in [5.41, 5.74) is 0.952. The standard InChI is InChI=1S/C18H15ClF2N2O2S/c1-10(19)17(25)22-14-5-3-2-4-12(14)18-23(16(24)9-26-18)15-8-11(20)6-7-13(15)21/h2-8,10,18H,9H2,1H3,(H,22,25)/t10-,18+/m1/s1. The molecule has 1 fully saturated rings. The van der Waals surface area contributed by atoms with Gasteiger partial charge >= 0.3 is 0 Å². The maximum Gasteiger partial charge on any atom is 0.242 e. The second kappa shape index (κ2) is 7.63. The van der Waals surface area contributed by atoms with E-state index in [0.717, 1.165) is 18.2 Å². The van der Waals surface area contributed by atoms with Crippen molar-refractivity contribution in [2.24, 2.45) is 0 Å². The highest BCUT2D eigenvalue weighted by Crippen LogP contribution is 2.45. The molecule has 1 aliphatic rings. The van der Waals surface area contributed by atoms with Crippen molar-refractivity contribution in [1.82, 2.24) is 0 Å². The van der Waals surface area contributed by atoms with Crippen molar-refractivity contribution in [2.75, 3.05) is 16.0 Å². The maximum absolute atomic E-state index is 14.2. The van der Waals surface area contributed by atoms with E-state index in [1.54, 1.807) is 31.2 Å². The van der Waals surface area contributed by atoms with Gasteiger partial charge in [0, 0.05) is 17.3 Å². The van der Waals surface area contributed by atoms with Crippen molar-refractivity contribution in [2.45, 2.75) is 17.7 Å². The van der Waals surface area contributed by atoms with Crippen molar-refractivity contribution < 1.29 is 18.4 Å². The maximum atomic E-state index is 14.2. The van der Waals surface area contributed by atoms with Crippen LogP contribution in [-0.2, 0) is 9.59 Å². The smallest absolute Gasteiger partial charge is 0.242 e. The number of nitrogens with one attached hydrogen (secondary N) is 1. The normalized spacial score (nSPS) is 18.1. The van der Waals surface area contributed by atoms with Gasteiger partial charge in [-0.1, -0.05) is 18.2 Å². The highest BCUT2D eigenvalue weighted by molar-refractivity contribution is 8.00. The van der Waals surface area contributed by atoms with E-state index in [-0.39, 0.29) is 17.3 Å². The van der Waals surface area contributed by atoms with Crippen molar-refractivity contribution in [3.8, 4) is 0 Å². The largest absolute Gasteiger partial charge is 0.324 e. The van der Waals surface area contributed by atoms with Crippen molar-refractivity contribution >= 4 is 46.6 Å². The molecule has 1 aliphatic heterocycles. The van der Waals surface area contributed by atoms with Crippen LogP contribution < -0.4 is 10.2 Å². The fourth-order valence-corrected chi connectivity index (χ4v) is 3.90. The highest BCUT2D eigenvalue weighted by atomic mass is 35.5. The zero-order valence-corrected chi connectivity index (χ0v) is 15.3. The molecule has 0 bridgehead atoms. The highest BCUT2D eigenvalue weighted by Gasteiger charge is 2.37. The molecule has 1 heterocycles. The van der Waals surface area contributed by atoms with Crippen LogP contribution in [0.4, 0.5) is 20.2 Å². The number of amides is 2. The second-order valence-electron chi connectivity index (χ2n) is 5.72. The Hall–Kier alpha value is -2.12. The molecule has 2 aromatic rings. The third-order valence-corrected chi connectivity index (χ3v) is 5.27. The van der Waals surface area contributed by atoms with Crippen LogP contribution in [0.3, 0.4) is 0 Å². The van der Waals surface area contributed by atoms with E-state index in [2.05, 4.69) is 5.32 Å². The van der Waals surface area contributed by atoms with Gasteiger partial charge in [0.1, 0.15) is 22.4 Å². The summed E-state index contributed by atoms with van der Waals surface area (Å²) in [4.78, 5) is 25.5. The third-order valence-electron chi connectivity index (χ3n) is 3.88. The van der Waals surface area contributed by atoms with Crippen LogP contribution in [0.2, 0.25) is 0 Å². The monoisotopic (exact) mass is 396 g/mol. The fourth-order valence-electron chi connectivity index (χ4n) is 2.64. The molecule has 2 aromatic carbocycles. The molecule has 3 rings (SSSR count). The number of nitrogens with zero attached hydrogens (tertiary/aromatic N) is 1. The minimum Gasteiger partial charge on any atom is -0.324 e. The van der Waals surface area contributed by atoms with Crippen LogP contribution in [-0.4, -0.2) is 22.9 Å². The lowest BCUT2D eigenvalue weighted by Crippen LogP contribution is -2.30. The topological polar surface area (TPSA) is 49.4 Å². The summed E-state index contributed by atoms with van der Waals surface area (Å²) in [7, 11) is 0. The van der Waals surface area contributed by atoms with Gasteiger partial charge < -0.3 is 5.32 Å². The Bertz CT molecular complexity index is 863. The molecule has 0 aliphatic carbocycles. The number of anilines is 2. The quantitative estimate of drug-likeness (QED) is 0.783. The molecule has 136 valence electrons. The first kappa shape index (κ1) is 18.7. The van der Waals surface area contributed by atoms with Crippen LogP contribution in [0.1, 0.15) is 17.9 Å². The number of thioether (sulfide) groups is 1. The van der Waals surface area contributed by atoms with Crippen molar-refractivity contribution in [3.05, 3.63) is 59.7 Å². The molecule has 1 saturated heterocycles. The zero-order chi connectivity index (χ0) is 18.8. The van der Waals surface area contributed by atoms with Gasteiger partial charge in [-0.2, -0.15) is 0 Å². The van der Waals surface area contributed by atoms with Crippen LogP contribution in [0.5, 0.6) is 0 Å². The molecule has 2 amide bonds. The first-order valence-electron chi connectivity index (χ1n) is 7.81. The Morgan fingerprint density at radius 1 is 1.31 bits per heavy atom. The Morgan fingerprint density at radius 2 is 2.04 bits per heavy atom. The minimum absolute atomic E-state index is 0.120. The molecule has 0 radical (unpaired) electrons. The predicted molar refractivity (Wildman–Crippen MR) is 99.4 cm³/mol. The van der Waals surface area contributed by atoms with Crippen LogP contribution >= 0.6 is 23.4 Å². The van der Waals surface area contributed by atoms with E-state index in [9.17, 15) is 18.4 Å². The average Bonchev–Trinajstić information content (AvgIpc) is 2.98. The van der Waals surface area contributed by atoms with Gasteiger partial charge in [-0.05, 0) is 25.1 Å². The van der Waals surface area contributed by atoms with Crippen molar-refractivity contribution in [3.63, 3.8) is 0 Å². The average molecular weight is 397 g/mol. The van der Waals surface area contributed by atoms with E-state index in [1.165, 1.54) is 16.7 Å². The van der Waals surface area contributed by atoms with E-state index < -0.39 is 28.3 Å². The lowest BCUT2D eigenvalue weighted by atomic mass is 10.1. The van der Waals surface area contributed by atoms with Crippen molar-refractivity contribution in [1.29, 1.82) is 0 Å². The SMILES string of the molecule is C[C@@H](Cl)C(=O)Nc1ccccc1[C@@H]1SCC(=O)N1c1cc(F)ccc1F. The number of para-hydroxylation sites is 1. The van der Waals surface area contributed by atoms with Crippen LogP contribution in [0.25, 0.3) is 0 Å². The van der Waals surface area contributed by atoms with Crippen LogP contribution in [0, 0.1) is 11.6 Å². The Labute approximate surface area is 158 Å².